The van der Waals surface area contributed by atoms with Crippen molar-refractivity contribution in [3.8, 4) is 17.2 Å². The van der Waals surface area contributed by atoms with E-state index in [9.17, 15) is 4.79 Å². The van der Waals surface area contributed by atoms with Gasteiger partial charge in [-0.2, -0.15) is 0 Å². The van der Waals surface area contributed by atoms with Crippen LogP contribution in [-0.4, -0.2) is 18.7 Å². The number of hydrogen-bond donors (Lipinski definition) is 0. The first-order valence-corrected chi connectivity index (χ1v) is 9.73. The summed E-state index contributed by atoms with van der Waals surface area (Å²) in [6.45, 7) is 9.14. The van der Waals surface area contributed by atoms with Crippen LogP contribution < -0.4 is 14.2 Å². The topological polar surface area (TPSA) is 44.8 Å². The normalized spacial score (nSPS) is 12.9. The molecule has 2 rings (SSSR count). The molecule has 0 spiro atoms. The van der Waals surface area contributed by atoms with Crippen molar-refractivity contribution in [3.05, 3.63) is 54.1 Å². The average Bonchev–Trinajstić information content (AvgIpc) is 2.67. The molecule has 4 nitrogen and oxygen atoms in total. The van der Waals surface area contributed by atoms with E-state index < -0.39 is 5.97 Å². The van der Waals surface area contributed by atoms with Gasteiger partial charge in [-0.1, -0.05) is 33.6 Å². The third-order valence-corrected chi connectivity index (χ3v) is 4.39. The van der Waals surface area contributed by atoms with Crippen molar-refractivity contribution < 1.29 is 19.0 Å². The molecule has 0 fully saturated rings. The minimum atomic E-state index is -0.392. The van der Waals surface area contributed by atoms with Gasteiger partial charge >= 0.3 is 5.97 Å². The summed E-state index contributed by atoms with van der Waals surface area (Å²) in [7, 11) is 0. The van der Waals surface area contributed by atoms with E-state index in [2.05, 4.69) is 20.8 Å². The molecule has 0 N–H and O–H groups in total. The third kappa shape index (κ3) is 6.97. The van der Waals surface area contributed by atoms with Crippen molar-refractivity contribution >= 4 is 5.97 Å². The van der Waals surface area contributed by atoms with E-state index >= 15 is 0 Å². The molecule has 27 heavy (non-hydrogen) atoms. The molecule has 0 aliphatic rings. The molecule has 2 aromatic carbocycles. The predicted octanol–water partition coefficient (Wildman–Crippen LogP) is 5.90. The van der Waals surface area contributed by atoms with Crippen LogP contribution in [0.4, 0.5) is 0 Å². The van der Waals surface area contributed by atoms with E-state index in [1.54, 1.807) is 36.4 Å². The van der Waals surface area contributed by atoms with Crippen LogP contribution >= 0.6 is 0 Å². The lowest BCUT2D eigenvalue weighted by Crippen LogP contribution is -2.12. The number of carbonyl (C=O) groups excluding carboxylic acids is 1. The highest BCUT2D eigenvalue weighted by atomic mass is 16.5. The van der Waals surface area contributed by atoms with Gasteiger partial charge in [0.05, 0.1) is 18.3 Å². The molecular weight excluding hydrogens is 340 g/mol. The Kier molecular flexibility index (Phi) is 8.18. The lowest BCUT2D eigenvalue weighted by atomic mass is 10.1. The van der Waals surface area contributed by atoms with Crippen LogP contribution in [0.25, 0.3) is 0 Å². The molecule has 0 aromatic heterocycles. The maximum atomic E-state index is 12.3. The van der Waals surface area contributed by atoms with Crippen LogP contribution in [0.3, 0.4) is 0 Å². The minimum Gasteiger partial charge on any atom is -0.493 e. The zero-order valence-corrected chi connectivity index (χ0v) is 16.7. The van der Waals surface area contributed by atoms with E-state index in [4.69, 9.17) is 14.2 Å². The van der Waals surface area contributed by atoms with Crippen molar-refractivity contribution in [2.75, 3.05) is 6.61 Å². The fraction of sp³-hybridized carbons (Fsp3) is 0.435. The Morgan fingerprint density at radius 2 is 1.48 bits per heavy atom. The van der Waals surface area contributed by atoms with E-state index in [0.717, 1.165) is 30.8 Å². The Morgan fingerprint density at radius 1 is 0.889 bits per heavy atom. The molecule has 0 unspecified atom stereocenters. The second-order valence-corrected chi connectivity index (χ2v) is 6.93. The Labute approximate surface area is 162 Å². The first-order valence-electron chi connectivity index (χ1n) is 9.73. The van der Waals surface area contributed by atoms with Crippen molar-refractivity contribution in [3.63, 3.8) is 0 Å². The van der Waals surface area contributed by atoms with Crippen LogP contribution in [-0.2, 0) is 0 Å². The minimum absolute atomic E-state index is 0.161. The van der Waals surface area contributed by atoms with Crippen molar-refractivity contribution in [2.45, 2.75) is 53.1 Å². The molecule has 0 saturated heterocycles. The molecule has 0 amide bonds. The number of benzene rings is 2. The fourth-order valence-electron chi connectivity index (χ4n) is 2.49. The summed E-state index contributed by atoms with van der Waals surface area (Å²) >= 11 is 0. The highest BCUT2D eigenvalue weighted by Crippen LogP contribution is 2.21. The summed E-state index contributed by atoms with van der Waals surface area (Å²) in [5, 5.41) is 0. The lowest BCUT2D eigenvalue weighted by Gasteiger charge is -2.14. The molecule has 0 heterocycles. The van der Waals surface area contributed by atoms with Gasteiger partial charge in [0.2, 0.25) is 0 Å². The maximum Gasteiger partial charge on any atom is 0.343 e. The van der Waals surface area contributed by atoms with Gasteiger partial charge in [-0.05, 0) is 67.8 Å². The van der Waals surface area contributed by atoms with Gasteiger partial charge in [-0.25, -0.2) is 4.79 Å². The number of esters is 1. The quantitative estimate of drug-likeness (QED) is 0.386. The second kappa shape index (κ2) is 10.6. The molecule has 0 radical (unpaired) electrons. The molecule has 146 valence electrons. The van der Waals surface area contributed by atoms with E-state index in [1.165, 1.54) is 0 Å². The SMILES string of the molecule is CCC[C@@H](C)Oc1ccc(C(=O)Oc2ccc(OC[C@@H](C)CC)cc2)cc1. The van der Waals surface area contributed by atoms with Gasteiger partial charge in [-0.3, -0.25) is 0 Å². The smallest absolute Gasteiger partial charge is 0.343 e. The predicted molar refractivity (Wildman–Crippen MR) is 108 cm³/mol. The molecule has 0 bridgehead atoms. The summed E-state index contributed by atoms with van der Waals surface area (Å²) in [5.41, 5.74) is 0.489. The van der Waals surface area contributed by atoms with Gasteiger partial charge < -0.3 is 14.2 Å². The highest BCUT2D eigenvalue weighted by molar-refractivity contribution is 5.91. The Morgan fingerprint density at radius 3 is 2.07 bits per heavy atom. The Hall–Kier alpha value is -2.49. The summed E-state index contributed by atoms with van der Waals surface area (Å²) in [6.07, 6.45) is 3.32. The van der Waals surface area contributed by atoms with Crippen molar-refractivity contribution in [1.29, 1.82) is 0 Å². The van der Waals surface area contributed by atoms with Crippen LogP contribution in [0.5, 0.6) is 17.2 Å². The van der Waals surface area contributed by atoms with Crippen LogP contribution in [0.1, 0.15) is 57.3 Å². The van der Waals surface area contributed by atoms with Crippen LogP contribution in [0.2, 0.25) is 0 Å². The monoisotopic (exact) mass is 370 g/mol. The summed E-state index contributed by atoms with van der Waals surface area (Å²) in [6, 6.07) is 14.2. The lowest BCUT2D eigenvalue weighted by molar-refractivity contribution is 0.0734. The molecule has 4 heteroatoms. The number of hydrogen-bond acceptors (Lipinski definition) is 4. The number of carbonyl (C=O) groups is 1. The molecular formula is C23H30O4. The molecule has 0 aliphatic heterocycles. The maximum absolute atomic E-state index is 12.3. The van der Waals surface area contributed by atoms with Gasteiger partial charge in [0, 0.05) is 0 Å². The zero-order valence-electron chi connectivity index (χ0n) is 16.7. The number of rotatable bonds is 10. The largest absolute Gasteiger partial charge is 0.493 e. The van der Waals surface area contributed by atoms with E-state index in [0.29, 0.717) is 23.8 Å². The summed E-state index contributed by atoms with van der Waals surface area (Å²) < 4.78 is 16.9. The van der Waals surface area contributed by atoms with Gasteiger partial charge in [0.1, 0.15) is 17.2 Å². The van der Waals surface area contributed by atoms with Crippen molar-refractivity contribution in [2.24, 2.45) is 5.92 Å². The molecule has 0 aliphatic carbocycles. The highest BCUT2D eigenvalue weighted by Gasteiger charge is 2.10. The molecule has 2 aromatic rings. The molecule has 2 atom stereocenters. The van der Waals surface area contributed by atoms with Gasteiger partial charge in [0.15, 0.2) is 0 Å². The zero-order chi connectivity index (χ0) is 19.6. The molecule has 0 saturated carbocycles. The van der Waals surface area contributed by atoms with Gasteiger partial charge in [0.25, 0.3) is 0 Å². The standard InChI is InChI=1S/C23H30O4/c1-5-7-18(4)26-21-10-8-19(9-11-21)23(24)27-22-14-12-20(13-15-22)25-16-17(3)6-2/h8-15,17-18H,5-7,16H2,1-4H3/t17-,18+/m0/s1. The first-order chi connectivity index (χ1) is 13.0. The van der Waals surface area contributed by atoms with E-state index in [1.807, 2.05) is 19.1 Å². The van der Waals surface area contributed by atoms with E-state index in [-0.39, 0.29) is 6.10 Å². The third-order valence-electron chi connectivity index (χ3n) is 4.39. The van der Waals surface area contributed by atoms with Crippen LogP contribution in [0.15, 0.2) is 48.5 Å². The Bertz CT molecular complexity index is 691. The van der Waals surface area contributed by atoms with Crippen LogP contribution in [0, 0.1) is 5.92 Å². The number of ether oxygens (including phenoxy) is 3. The Balaban J connectivity index is 1.89. The second-order valence-electron chi connectivity index (χ2n) is 6.93. The van der Waals surface area contributed by atoms with Crippen molar-refractivity contribution in [1.82, 2.24) is 0 Å². The van der Waals surface area contributed by atoms with Gasteiger partial charge in [-0.15, -0.1) is 0 Å². The summed E-state index contributed by atoms with van der Waals surface area (Å²) in [5.74, 6) is 2.15. The first kappa shape index (κ1) is 20.8. The summed E-state index contributed by atoms with van der Waals surface area (Å²) in [4.78, 5) is 12.3. The fourth-order valence-corrected chi connectivity index (χ4v) is 2.49. The average molecular weight is 370 g/mol.